The molecule has 2 rings (SSSR count). The maximum Gasteiger partial charge on any atom is 0.150 e. The smallest absolute Gasteiger partial charge is 0.150 e. The van der Waals surface area contributed by atoms with Gasteiger partial charge in [-0.2, -0.15) is 0 Å². The van der Waals surface area contributed by atoms with E-state index < -0.39 is 0 Å². The summed E-state index contributed by atoms with van der Waals surface area (Å²) in [5.41, 5.74) is 8.95. The van der Waals surface area contributed by atoms with Crippen molar-refractivity contribution in [1.29, 1.82) is 0 Å². The van der Waals surface area contributed by atoms with Gasteiger partial charge in [-0.05, 0) is 5.56 Å². The lowest BCUT2D eigenvalue weighted by Crippen LogP contribution is -2.29. The molecule has 0 fully saturated rings. The fourth-order valence-corrected chi connectivity index (χ4v) is 1.72. The average Bonchev–Trinajstić information content (AvgIpc) is 2.42. The Labute approximate surface area is 105 Å². The molecule has 0 saturated carbocycles. The van der Waals surface area contributed by atoms with Gasteiger partial charge in [0.1, 0.15) is 17.8 Å². The lowest BCUT2D eigenvalue weighted by Gasteiger charge is -2.17. The van der Waals surface area contributed by atoms with Crippen LogP contribution in [-0.2, 0) is 0 Å². The van der Waals surface area contributed by atoms with Crippen molar-refractivity contribution in [2.45, 2.75) is 0 Å². The second-order valence-corrected chi connectivity index (χ2v) is 3.71. The normalized spacial score (nSPS) is 16.6. The standard InChI is InChI=1S/C13H14N4O/c1-15-11(12-13(14)17-7-6-16-12)10-4-2-9(8-18)3-5-10/h2-8,15-16H,1H3,(H2,14,17)/b12-11-. The summed E-state index contributed by atoms with van der Waals surface area (Å²) >= 11 is 0. The van der Waals surface area contributed by atoms with Crippen LogP contribution in [0.2, 0.25) is 0 Å². The first-order chi connectivity index (χ1) is 8.76. The van der Waals surface area contributed by atoms with Crippen molar-refractivity contribution in [2.24, 2.45) is 10.7 Å². The van der Waals surface area contributed by atoms with E-state index in [0.717, 1.165) is 23.2 Å². The van der Waals surface area contributed by atoms with Crippen molar-refractivity contribution in [1.82, 2.24) is 10.6 Å². The van der Waals surface area contributed by atoms with Gasteiger partial charge in [0.25, 0.3) is 0 Å². The van der Waals surface area contributed by atoms with E-state index in [1.54, 1.807) is 24.5 Å². The van der Waals surface area contributed by atoms with Gasteiger partial charge in [0.15, 0.2) is 0 Å². The Morgan fingerprint density at radius 1 is 1.39 bits per heavy atom. The zero-order chi connectivity index (χ0) is 13.0. The largest absolute Gasteiger partial charge is 0.386 e. The monoisotopic (exact) mass is 242 g/mol. The van der Waals surface area contributed by atoms with Crippen LogP contribution in [0.4, 0.5) is 0 Å². The number of nitrogens with zero attached hydrogens (tertiary/aromatic N) is 1. The summed E-state index contributed by atoms with van der Waals surface area (Å²) in [6.45, 7) is 0. The molecule has 1 aliphatic rings. The van der Waals surface area contributed by atoms with Crippen molar-refractivity contribution < 1.29 is 4.79 Å². The van der Waals surface area contributed by atoms with Crippen molar-refractivity contribution in [3.05, 3.63) is 53.5 Å². The van der Waals surface area contributed by atoms with E-state index in [1.165, 1.54) is 0 Å². The Kier molecular flexibility index (Phi) is 3.43. The summed E-state index contributed by atoms with van der Waals surface area (Å²) in [4.78, 5) is 14.7. The van der Waals surface area contributed by atoms with E-state index in [4.69, 9.17) is 5.73 Å². The number of carbonyl (C=O) groups is 1. The van der Waals surface area contributed by atoms with Gasteiger partial charge < -0.3 is 16.4 Å². The second kappa shape index (κ2) is 5.18. The Morgan fingerprint density at radius 2 is 2.11 bits per heavy atom. The second-order valence-electron chi connectivity index (χ2n) is 3.71. The van der Waals surface area contributed by atoms with E-state index in [-0.39, 0.29) is 0 Å². The molecule has 0 saturated heterocycles. The third-order valence-electron chi connectivity index (χ3n) is 2.61. The van der Waals surface area contributed by atoms with Gasteiger partial charge >= 0.3 is 0 Å². The minimum atomic E-state index is 0.418. The van der Waals surface area contributed by atoms with E-state index >= 15 is 0 Å². The summed E-state index contributed by atoms with van der Waals surface area (Å²) in [6.07, 6.45) is 4.12. The molecule has 0 bridgehead atoms. The van der Waals surface area contributed by atoms with E-state index in [1.807, 2.05) is 19.2 Å². The molecule has 18 heavy (non-hydrogen) atoms. The molecule has 0 radical (unpaired) electrons. The molecule has 0 aromatic heterocycles. The quantitative estimate of drug-likeness (QED) is 0.686. The molecular formula is C13H14N4O. The lowest BCUT2D eigenvalue weighted by molar-refractivity contribution is 0.112. The highest BCUT2D eigenvalue weighted by Gasteiger charge is 2.12. The Morgan fingerprint density at radius 3 is 2.67 bits per heavy atom. The highest BCUT2D eigenvalue weighted by Crippen LogP contribution is 2.16. The van der Waals surface area contributed by atoms with Crippen LogP contribution in [0.15, 0.2) is 47.4 Å². The fourth-order valence-electron chi connectivity index (χ4n) is 1.72. The summed E-state index contributed by atoms with van der Waals surface area (Å²) in [5, 5.41) is 6.15. The molecular weight excluding hydrogens is 228 g/mol. The highest BCUT2D eigenvalue weighted by atomic mass is 16.1. The molecule has 1 aromatic carbocycles. The number of amidine groups is 1. The Bertz CT molecular complexity index is 541. The third-order valence-corrected chi connectivity index (χ3v) is 2.61. The zero-order valence-corrected chi connectivity index (χ0v) is 9.97. The molecule has 1 aromatic rings. The summed E-state index contributed by atoms with van der Waals surface area (Å²) in [5.74, 6) is 0.418. The lowest BCUT2D eigenvalue weighted by atomic mass is 10.1. The van der Waals surface area contributed by atoms with E-state index in [2.05, 4.69) is 15.6 Å². The molecule has 5 heteroatoms. The summed E-state index contributed by atoms with van der Waals surface area (Å²) < 4.78 is 0. The van der Waals surface area contributed by atoms with Crippen LogP contribution in [-0.4, -0.2) is 19.2 Å². The third kappa shape index (κ3) is 2.24. The number of hydrogen-bond donors (Lipinski definition) is 3. The number of carbonyl (C=O) groups excluding carboxylic acids is 1. The average molecular weight is 242 g/mol. The maximum absolute atomic E-state index is 10.6. The summed E-state index contributed by atoms with van der Waals surface area (Å²) in [6, 6.07) is 7.23. The molecule has 0 unspecified atom stereocenters. The van der Waals surface area contributed by atoms with Crippen molar-refractivity contribution in [3.8, 4) is 0 Å². The number of nitrogens with one attached hydrogen (secondary N) is 2. The molecule has 5 nitrogen and oxygen atoms in total. The molecule has 1 heterocycles. The minimum Gasteiger partial charge on any atom is -0.386 e. The van der Waals surface area contributed by atoms with Crippen LogP contribution in [0.5, 0.6) is 0 Å². The molecule has 0 amide bonds. The van der Waals surface area contributed by atoms with Gasteiger partial charge in [0.05, 0.1) is 5.70 Å². The molecule has 0 aliphatic carbocycles. The van der Waals surface area contributed by atoms with Crippen LogP contribution in [0.3, 0.4) is 0 Å². The van der Waals surface area contributed by atoms with Crippen LogP contribution >= 0.6 is 0 Å². The number of aliphatic imine (C=N–C) groups is 1. The maximum atomic E-state index is 10.6. The number of nitrogens with two attached hydrogens (primary N) is 1. The van der Waals surface area contributed by atoms with Gasteiger partial charge in [-0.25, -0.2) is 4.99 Å². The minimum absolute atomic E-state index is 0.418. The number of benzene rings is 1. The van der Waals surface area contributed by atoms with Crippen molar-refractivity contribution in [2.75, 3.05) is 7.05 Å². The number of aldehydes is 1. The van der Waals surface area contributed by atoms with Crippen LogP contribution in [0.25, 0.3) is 5.70 Å². The van der Waals surface area contributed by atoms with Crippen molar-refractivity contribution in [3.63, 3.8) is 0 Å². The zero-order valence-electron chi connectivity index (χ0n) is 9.97. The number of rotatable bonds is 3. The van der Waals surface area contributed by atoms with E-state index in [9.17, 15) is 4.79 Å². The first kappa shape index (κ1) is 11.9. The van der Waals surface area contributed by atoms with Crippen LogP contribution in [0, 0.1) is 0 Å². The predicted molar refractivity (Wildman–Crippen MR) is 71.7 cm³/mol. The fraction of sp³-hybridized carbons (Fsp3) is 0.0769. The molecule has 1 aliphatic heterocycles. The molecule has 4 N–H and O–H groups in total. The molecule has 92 valence electrons. The topological polar surface area (TPSA) is 79.5 Å². The van der Waals surface area contributed by atoms with E-state index in [0.29, 0.717) is 11.4 Å². The van der Waals surface area contributed by atoms with Crippen LogP contribution < -0.4 is 16.4 Å². The van der Waals surface area contributed by atoms with Gasteiger partial charge in [0, 0.05) is 25.0 Å². The van der Waals surface area contributed by atoms with Gasteiger partial charge in [-0.15, -0.1) is 0 Å². The van der Waals surface area contributed by atoms with Crippen molar-refractivity contribution >= 4 is 17.8 Å². The first-order valence-electron chi connectivity index (χ1n) is 5.49. The predicted octanol–water partition coefficient (Wildman–Crippen LogP) is 0.819. The Balaban J connectivity index is 2.44. The summed E-state index contributed by atoms with van der Waals surface area (Å²) in [7, 11) is 1.81. The molecule has 0 spiro atoms. The first-order valence-corrected chi connectivity index (χ1v) is 5.49. The van der Waals surface area contributed by atoms with Gasteiger partial charge in [-0.1, -0.05) is 24.3 Å². The highest BCUT2D eigenvalue weighted by molar-refractivity contribution is 6.04. The number of hydrogen-bond acceptors (Lipinski definition) is 5. The molecule has 0 atom stereocenters. The Hall–Kier alpha value is -2.56. The van der Waals surface area contributed by atoms with Crippen LogP contribution in [0.1, 0.15) is 15.9 Å². The van der Waals surface area contributed by atoms with Gasteiger partial charge in [-0.3, -0.25) is 4.79 Å². The van der Waals surface area contributed by atoms with Gasteiger partial charge in [0.2, 0.25) is 0 Å². The SMILES string of the molecule is CN/C(=C1\NC=CN=C1N)c1ccc(C=O)cc1.